The van der Waals surface area contributed by atoms with Crippen LogP contribution in [-0.2, 0) is 37.1 Å². The molecule has 3 heterocycles. The van der Waals surface area contributed by atoms with Gasteiger partial charge in [-0.15, -0.1) is 0 Å². The van der Waals surface area contributed by atoms with Crippen LogP contribution in [0.1, 0.15) is 77.4 Å². The van der Waals surface area contributed by atoms with Crippen LogP contribution in [-0.4, -0.2) is 64.2 Å². The van der Waals surface area contributed by atoms with E-state index in [9.17, 15) is 31.2 Å². The molecule has 1 N–H and O–H groups in total. The molecule has 4 aromatic rings. The quantitative estimate of drug-likeness (QED) is 0.104. The van der Waals surface area contributed by atoms with E-state index in [2.05, 4.69) is 9.62 Å². The molecule has 2 bridgehead atoms. The summed E-state index contributed by atoms with van der Waals surface area (Å²) in [6.07, 6.45) is 2.77. The SMILES string of the molecule is CCc1cc(Cl)c(CC(OC(=O)c2ccc(S(=O)(=O)NC(C(=O)OC3CN4CCC3CC4)c3cccc(F)c3)cc2)c2ccc(OC(F)F)c(OCC3CC3)c2)c(Cl)c1. The molecule has 4 aromatic carbocycles. The lowest BCUT2D eigenvalue weighted by Gasteiger charge is -2.44. The average Bonchev–Trinajstić information content (AvgIpc) is 4.05. The maximum absolute atomic E-state index is 14.4. The molecule has 4 fully saturated rings. The number of nitrogens with one attached hydrogen (secondary N) is 1. The van der Waals surface area contributed by atoms with Crippen molar-refractivity contribution < 1.29 is 50.1 Å². The molecule has 3 saturated heterocycles. The topological polar surface area (TPSA) is 120 Å². The largest absolute Gasteiger partial charge is 0.489 e. The molecule has 314 valence electrons. The van der Waals surface area contributed by atoms with Crippen LogP contribution in [0.2, 0.25) is 10.0 Å². The number of alkyl halides is 2. The highest BCUT2D eigenvalue weighted by Gasteiger charge is 2.39. The first-order valence-corrected chi connectivity index (χ1v) is 21.7. The van der Waals surface area contributed by atoms with Crippen LogP contribution in [0.25, 0.3) is 0 Å². The first-order valence-electron chi connectivity index (χ1n) is 19.5. The Bertz CT molecular complexity index is 2250. The number of rotatable bonds is 17. The van der Waals surface area contributed by atoms with Crippen molar-refractivity contribution in [1.29, 1.82) is 0 Å². The molecule has 4 aliphatic rings. The van der Waals surface area contributed by atoms with Crippen molar-refractivity contribution in [1.82, 2.24) is 9.62 Å². The van der Waals surface area contributed by atoms with Crippen molar-refractivity contribution in [3.63, 3.8) is 0 Å². The number of halogens is 5. The number of fused-ring (bicyclic) bond motifs is 3. The fourth-order valence-corrected chi connectivity index (χ4v) is 9.24. The second-order valence-electron chi connectivity index (χ2n) is 15.1. The van der Waals surface area contributed by atoms with Gasteiger partial charge >= 0.3 is 18.6 Å². The second-order valence-corrected chi connectivity index (χ2v) is 17.6. The van der Waals surface area contributed by atoms with Gasteiger partial charge in [-0.2, -0.15) is 13.5 Å². The summed E-state index contributed by atoms with van der Waals surface area (Å²) in [5, 5.41) is 0.675. The predicted octanol–water partition coefficient (Wildman–Crippen LogP) is 8.88. The molecule has 0 spiro atoms. The number of hydrogen-bond donors (Lipinski definition) is 1. The van der Waals surface area contributed by atoms with Crippen molar-refractivity contribution in [3.05, 3.63) is 123 Å². The molecule has 3 aliphatic heterocycles. The maximum atomic E-state index is 14.4. The minimum atomic E-state index is -4.45. The molecule has 8 rings (SSSR count). The second kappa shape index (κ2) is 18.5. The average molecular weight is 876 g/mol. The number of hydrogen-bond acceptors (Lipinski definition) is 9. The van der Waals surface area contributed by atoms with E-state index in [4.69, 9.17) is 42.1 Å². The Morgan fingerprint density at radius 2 is 1.61 bits per heavy atom. The number of sulfonamides is 1. The van der Waals surface area contributed by atoms with Crippen LogP contribution < -0.4 is 14.2 Å². The molecular weight excluding hydrogens is 832 g/mol. The van der Waals surface area contributed by atoms with E-state index in [0.29, 0.717) is 40.1 Å². The van der Waals surface area contributed by atoms with Gasteiger partial charge in [0.2, 0.25) is 10.0 Å². The molecule has 1 saturated carbocycles. The first kappa shape index (κ1) is 42.8. The van der Waals surface area contributed by atoms with E-state index in [1.165, 1.54) is 60.7 Å². The van der Waals surface area contributed by atoms with Crippen molar-refractivity contribution in [3.8, 4) is 11.5 Å². The van der Waals surface area contributed by atoms with E-state index >= 15 is 0 Å². The van der Waals surface area contributed by atoms with Gasteiger partial charge in [0.15, 0.2) is 11.5 Å². The van der Waals surface area contributed by atoms with Crippen LogP contribution in [0.3, 0.4) is 0 Å². The van der Waals surface area contributed by atoms with Crippen molar-refractivity contribution in [2.45, 2.75) is 75.2 Å². The number of carbonyl (C=O) groups excluding carboxylic acids is 2. The summed E-state index contributed by atoms with van der Waals surface area (Å²) in [5.41, 5.74) is 1.77. The van der Waals surface area contributed by atoms with Gasteiger partial charge in [-0.3, -0.25) is 4.90 Å². The zero-order valence-corrected chi connectivity index (χ0v) is 34.4. The molecule has 0 amide bonds. The normalized spacial score (nSPS) is 19.9. The number of ether oxygens (including phenoxy) is 4. The number of benzene rings is 4. The fraction of sp³-hybridized carbons (Fsp3) is 0.395. The van der Waals surface area contributed by atoms with Crippen molar-refractivity contribution in [2.75, 3.05) is 26.2 Å². The van der Waals surface area contributed by atoms with E-state index in [1.54, 1.807) is 12.1 Å². The molecule has 0 radical (unpaired) electrons. The van der Waals surface area contributed by atoms with Crippen LogP contribution in [0.4, 0.5) is 13.2 Å². The van der Waals surface area contributed by atoms with E-state index < -0.39 is 52.6 Å². The molecule has 3 atom stereocenters. The maximum Gasteiger partial charge on any atom is 0.387 e. The highest BCUT2D eigenvalue weighted by atomic mass is 35.5. The summed E-state index contributed by atoms with van der Waals surface area (Å²) in [4.78, 5) is 29.3. The third-order valence-corrected chi connectivity index (χ3v) is 13.0. The number of piperidine rings is 3. The van der Waals surface area contributed by atoms with Crippen molar-refractivity contribution in [2.24, 2.45) is 11.8 Å². The van der Waals surface area contributed by atoms with Gasteiger partial charge in [0, 0.05) is 23.0 Å². The Balaban J connectivity index is 1.12. The molecule has 10 nitrogen and oxygen atoms in total. The number of aryl methyl sites for hydroxylation is 1. The standard InChI is InChI=1S/C43H43Cl2F3N2O8S/c1-2-25-18-34(44)33(35(45)19-25)22-37(29-10-13-36(58-43(47)48)38(21-29)55-24-26-6-7-26)56-41(51)28-8-11-32(12-9-28)59(53,54)49-40(30-4-3-5-31(46)20-30)42(52)57-39-23-50-16-14-27(39)15-17-50/h3-5,8-13,18-21,26-27,37,39-40,43,49H,2,6-7,14-17,22-24H2,1H3. The molecule has 16 heteroatoms. The molecule has 0 aromatic heterocycles. The molecule has 3 unspecified atom stereocenters. The molecule has 59 heavy (non-hydrogen) atoms. The van der Waals surface area contributed by atoms with Gasteiger partial charge in [0.1, 0.15) is 24.1 Å². The zero-order valence-electron chi connectivity index (χ0n) is 32.1. The van der Waals surface area contributed by atoms with Gasteiger partial charge in [-0.25, -0.2) is 22.4 Å². The summed E-state index contributed by atoms with van der Waals surface area (Å²) >= 11 is 13.3. The lowest BCUT2D eigenvalue weighted by atomic mass is 9.86. The summed E-state index contributed by atoms with van der Waals surface area (Å²) in [5.74, 6) is -2.07. The smallest absolute Gasteiger partial charge is 0.387 e. The van der Waals surface area contributed by atoms with Crippen molar-refractivity contribution >= 4 is 45.2 Å². The highest BCUT2D eigenvalue weighted by molar-refractivity contribution is 7.89. The third-order valence-electron chi connectivity index (χ3n) is 10.9. The summed E-state index contributed by atoms with van der Waals surface area (Å²) in [6, 6.07) is 16.1. The lowest BCUT2D eigenvalue weighted by Crippen LogP contribution is -2.52. The van der Waals surface area contributed by atoms with Gasteiger partial charge in [0.25, 0.3) is 0 Å². The monoisotopic (exact) mass is 874 g/mol. The van der Waals surface area contributed by atoms with Gasteiger partial charge in [-0.1, -0.05) is 48.3 Å². The summed E-state index contributed by atoms with van der Waals surface area (Å²) in [7, 11) is -4.45. The van der Waals surface area contributed by atoms with E-state index in [0.717, 1.165) is 50.4 Å². The number of esters is 2. The van der Waals surface area contributed by atoms with Crippen LogP contribution >= 0.6 is 23.2 Å². The predicted molar refractivity (Wildman–Crippen MR) is 214 cm³/mol. The third kappa shape index (κ3) is 10.7. The minimum absolute atomic E-state index is 0.0158. The van der Waals surface area contributed by atoms with Gasteiger partial charge in [0.05, 0.1) is 17.1 Å². The van der Waals surface area contributed by atoms with E-state index in [1.807, 2.05) is 6.92 Å². The number of nitrogens with zero attached hydrogens (tertiary/aromatic N) is 1. The van der Waals surface area contributed by atoms with Crippen LogP contribution in [0.15, 0.2) is 83.8 Å². The van der Waals surface area contributed by atoms with Gasteiger partial charge in [-0.05, 0) is 140 Å². The Kier molecular flexibility index (Phi) is 13.4. The Labute approximate surface area is 350 Å². The Hall–Kier alpha value is -4.34. The fourth-order valence-electron chi connectivity index (χ4n) is 7.38. The lowest BCUT2D eigenvalue weighted by molar-refractivity contribution is -0.161. The summed E-state index contributed by atoms with van der Waals surface area (Å²) < 4.78 is 93.4. The van der Waals surface area contributed by atoms with E-state index in [-0.39, 0.29) is 46.5 Å². The zero-order chi connectivity index (χ0) is 41.8. The highest BCUT2D eigenvalue weighted by Crippen LogP contribution is 2.39. The Morgan fingerprint density at radius 3 is 2.22 bits per heavy atom. The molecule has 1 aliphatic carbocycles. The van der Waals surface area contributed by atoms with Crippen LogP contribution in [0.5, 0.6) is 11.5 Å². The number of carbonyl (C=O) groups is 2. The minimum Gasteiger partial charge on any atom is -0.489 e. The Morgan fingerprint density at radius 1 is 0.898 bits per heavy atom. The van der Waals surface area contributed by atoms with Crippen LogP contribution in [0, 0.1) is 17.7 Å². The van der Waals surface area contributed by atoms with Gasteiger partial charge < -0.3 is 18.9 Å². The summed E-state index contributed by atoms with van der Waals surface area (Å²) in [6.45, 7) is 1.47. The first-order chi connectivity index (χ1) is 28.3. The molecular formula is C43H43Cl2F3N2O8S.